The first-order valence-corrected chi connectivity index (χ1v) is 13.3. The van der Waals surface area contributed by atoms with Crippen molar-refractivity contribution in [2.24, 2.45) is 23.2 Å². The zero-order valence-electron chi connectivity index (χ0n) is 19.4. The molecule has 7 rings (SSSR count). The molecule has 38 heavy (non-hydrogen) atoms. The Morgan fingerprint density at radius 3 is 2.16 bits per heavy atom. The average molecular weight is 564 g/mol. The Morgan fingerprint density at radius 1 is 1.03 bits per heavy atom. The van der Waals surface area contributed by atoms with E-state index < -0.39 is 74.4 Å². The van der Waals surface area contributed by atoms with Gasteiger partial charge in [-0.15, -0.1) is 0 Å². The van der Waals surface area contributed by atoms with Crippen LogP contribution in [0.3, 0.4) is 0 Å². The summed E-state index contributed by atoms with van der Waals surface area (Å²) >= 11 is 0. The molecule has 5 aliphatic rings. The van der Waals surface area contributed by atoms with Gasteiger partial charge in [-0.05, 0) is 56.3 Å². The van der Waals surface area contributed by atoms with Crippen LogP contribution in [0.25, 0.3) is 11.2 Å². The molecule has 10 nitrogen and oxygen atoms in total. The predicted molar refractivity (Wildman–Crippen MR) is 115 cm³/mol. The Kier molecular flexibility index (Phi) is 5.21. The molecule has 1 aliphatic heterocycles. The van der Waals surface area contributed by atoms with Crippen LogP contribution < -0.4 is 9.47 Å². The second-order valence-electron chi connectivity index (χ2n) is 10.7. The van der Waals surface area contributed by atoms with Crippen molar-refractivity contribution in [3.8, 4) is 11.5 Å². The van der Waals surface area contributed by atoms with Crippen LogP contribution in [-0.4, -0.2) is 48.7 Å². The summed E-state index contributed by atoms with van der Waals surface area (Å²) in [7, 11) is -6.46. The molecule has 0 radical (unpaired) electrons. The van der Waals surface area contributed by atoms with Gasteiger partial charge in [0.25, 0.3) is 0 Å². The number of alkyl halides is 4. The second-order valence-corrected chi connectivity index (χ2v) is 12.2. The second kappa shape index (κ2) is 7.81. The van der Waals surface area contributed by atoms with Gasteiger partial charge in [0.1, 0.15) is 11.1 Å². The normalized spacial score (nSPS) is 28.2. The maximum atomic E-state index is 13.7. The van der Waals surface area contributed by atoms with Crippen LogP contribution in [0.2, 0.25) is 0 Å². The molecular weight excluding hydrogens is 544 g/mol. The summed E-state index contributed by atoms with van der Waals surface area (Å²) in [6.45, 7) is -1.41. The van der Waals surface area contributed by atoms with Gasteiger partial charge in [-0.3, -0.25) is 9.35 Å². The molecule has 0 atom stereocenters. The third kappa shape index (κ3) is 3.46. The molecule has 1 N–H and O–H groups in total. The molecular formula is C23H20F4O10S. The van der Waals surface area contributed by atoms with E-state index in [1.807, 2.05) is 0 Å². The quantitative estimate of drug-likeness (QED) is 0.214. The van der Waals surface area contributed by atoms with Crippen molar-refractivity contribution in [1.82, 2.24) is 0 Å². The molecule has 2 aromatic heterocycles. The number of carbonyl (C=O) groups is 3. The van der Waals surface area contributed by atoms with Gasteiger partial charge in [-0.1, -0.05) is 0 Å². The van der Waals surface area contributed by atoms with Crippen LogP contribution in [0.15, 0.2) is 4.42 Å². The van der Waals surface area contributed by atoms with Crippen molar-refractivity contribution in [2.45, 2.75) is 56.1 Å². The van der Waals surface area contributed by atoms with E-state index in [9.17, 15) is 40.4 Å². The average Bonchev–Trinajstić information content (AvgIpc) is 3.41. The van der Waals surface area contributed by atoms with E-state index in [4.69, 9.17) is 18.4 Å². The van der Waals surface area contributed by atoms with Gasteiger partial charge >= 0.3 is 39.2 Å². The van der Waals surface area contributed by atoms with Crippen LogP contribution in [0.4, 0.5) is 17.6 Å². The highest BCUT2D eigenvalue weighted by Crippen LogP contribution is 2.61. The van der Waals surface area contributed by atoms with E-state index in [0.717, 1.165) is 19.3 Å². The third-order valence-electron chi connectivity index (χ3n) is 8.19. The Morgan fingerprint density at radius 2 is 1.61 bits per heavy atom. The monoisotopic (exact) mass is 564 g/mol. The molecule has 0 saturated heterocycles. The Hall–Kier alpha value is -2.94. The van der Waals surface area contributed by atoms with Crippen LogP contribution in [0, 0.1) is 23.2 Å². The molecule has 4 saturated carbocycles. The van der Waals surface area contributed by atoms with Crippen LogP contribution in [0.1, 0.15) is 65.7 Å². The summed E-state index contributed by atoms with van der Waals surface area (Å²) in [4.78, 5) is 38.4. The molecule has 0 aromatic carbocycles. The summed E-state index contributed by atoms with van der Waals surface area (Å²) < 4.78 is 105. The first-order chi connectivity index (χ1) is 17.6. The van der Waals surface area contributed by atoms with E-state index >= 15 is 0 Å². The molecule has 0 spiro atoms. The van der Waals surface area contributed by atoms with Crippen molar-refractivity contribution in [1.29, 1.82) is 0 Å². The van der Waals surface area contributed by atoms with Crippen molar-refractivity contribution < 1.29 is 63.5 Å². The standard InChI is InChI=1S/C23H20F4O10S/c24-22(25,23(26,27)38(31,32)33)1-2-34-18(28)12-13-15-16(36-19(13)29)17(14(12)35-15)37-20(30)21-6-9-3-10(7-21)5-11(4-9)8-21/h9-11H,1-8H2,(H,31,32,33). The highest BCUT2D eigenvalue weighted by molar-refractivity contribution is 7.87. The summed E-state index contributed by atoms with van der Waals surface area (Å²) in [6, 6.07) is 0. The summed E-state index contributed by atoms with van der Waals surface area (Å²) in [5, 5.41) is -5.83. The number of hydrogen-bond acceptors (Lipinski definition) is 9. The van der Waals surface area contributed by atoms with Crippen LogP contribution in [-0.2, 0) is 19.6 Å². The predicted octanol–water partition coefficient (Wildman–Crippen LogP) is 4.19. The zero-order valence-corrected chi connectivity index (χ0v) is 20.2. The molecule has 206 valence electrons. The minimum atomic E-state index is -6.46. The van der Waals surface area contributed by atoms with Gasteiger partial charge in [-0.2, -0.15) is 26.0 Å². The highest BCUT2D eigenvalue weighted by atomic mass is 32.2. The first kappa shape index (κ1) is 25.3. The number of benzene rings is 1. The van der Waals surface area contributed by atoms with E-state index in [1.165, 1.54) is 0 Å². The Balaban J connectivity index is 1.22. The molecule has 4 aliphatic carbocycles. The molecule has 0 unspecified atom stereocenters. The molecule has 6 bridgehead atoms. The van der Waals surface area contributed by atoms with Gasteiger partial charge in [-0.25, -0.2) is 9.59 Å². The van der Waals surface area contributed by atoms with E-state index in [2.05, 4.69) is 4.74 Å². The molecule has 0 amide bonds. The fraction of sp³-hybridized carbons (Fsp3) is 0.609. The van der Waals surface area contributed by atoms with E-state index in [0.29, 0.717) is 37.0 Å². The number of rotatable bonds is 8. The number of furan rings is 2. The summed E-state index contributed by atoms with van der Waals surface area (Å²) in [5.74, 6) is -7.62. The SMILES string of the molecule is O=C1Oc2c(OC(=O)C34CC5CC(CC(C5)C3)C4)c3oc2c1c3C(=O)OCCC(F)(F)C(F)(F)S(=O)(=O)O. The maximum Gasteiger partial charge on any atom is 0.431 e. The van der Waals surface area contributed by atoms with Gasteiger partial charge in [0.2, 0.25) is 11.5 Å². The minimum Gasteiger partial charge on any atom is -0.462 e. The summed E-state index contributed by atoms with van der Waals surface area (Å²) in [6.07, 6.45) is 3.19. The first-order valence-electron chi connectivity index (χ1n) is 11.9. The third-order valence-corrected chi connectivity index (χ3v) is 9.14. The lowest BCUT2D eigenvalue weighted by atomic mass is 9.49. The number of esters is 3. The van der Waals surface area contributed by atoms with E-state index in [1.54, 1.807) is 0 Å². The zero-order chi connectivity index (χ0) is 27.4. The van der Waals surface area contributed by atoms with E-state index in [-0.39, 0.29) is 17.1 Å². The van der Waals surface area contributed by atoms with Crippen molar-refractivity contribution in [3.63, 3.8) is 0 Å². The molecule has 3 heterocycles. The molecule has 15 heteroatoms. The Labute approximate surface area is 211 Å². The lowest BCUT2D eigenvalue weighted by molar-refractivity contribution is -0.168. The fourth-order valence-electron chi connectivity index (χ4n) is 6.92. The number of carbonyl (C=O) groups excluding carboxylic acids is 3. The highest BCUT2D eigenvalue weighted by Gasteiger charge is 2.65. The molecule has 4 fully saturated rings. The number of fused-ring (bicyclic) bond motifs is 1. The van der Waals surface area contributed by atoms with Crippen LogP contribution in [0.5, 0.6) is 11.5 Å². The lowest BCUT2D eigenvalue weighted by Crippen LogP contribution is -2.51. The fourth-order valence-corrected chi connectivity index (χ4v) is 7.40. The lowest BCUT2D eigenvalue weighted by Gasteiger charge is -2.55. The van der Waals surface area contributed by atoms with Gasteiger partial charge in [0.05, 0.1) is 18.4 Å². The Bertz CT molecular complexity index is 1440. The number of halogens is 4. The maximum absolute atomic E-state index is 13.7. The summed E-state index contributed by atoms with van der Waals surface area (Å²) in [5.41, 5.74) is -2.31. The topological polar surface area (TPSA) is 146 Å². The van der Waals surface area contributed by atoms with Gasteiger partial charge in [0, 0.05) is 0 Å². The van der Waals surface area contributed by atoms with Crippen molar-refractivity contribution >= 4 is 39.2 Å². The smallest absolute Gasteiger partial charge is 0.431 e. The minimum absolute atomic E-state index is 0.200. The number of ether oxygens (including phenoxy) is 3. The van der Waals surface area contributed by atoms with Gasteiger partial charge < -0.3 is 18.6 Å². The van der Waals surface area contributed by atoms with Crippen molar-refractivity contribution in [2.75, 3.05) is 6.61 Å². The largest absolute Gasteiger partial charge is 0.462 e. The van der Waals surface area contributed by atoms with Gasteiger partial charge in [0.15, 0.2) is 11.2 Å². The molecule has 2 aromatic rings. The van der Waals surface area contributed by atoms with Crippen molar-refractivity contribution in [3.05, 3.63) is 11.1 Å². The van der Waals surface area contributed by atoms with Crippen LogP contribution >= 0.6 is 0 Å². The number of hydrogen-bond donors (Lipinski definition) is 1.